The number of hydrogen-bond donors (Lipinski definition) is 1. The molecule has 0 aromatic heterocycles. The average Bonchev–Trinajstić information content (AvgIpc) is 2.47. The highest BCUT2D eigenvalue weighted by atomic mass is 16.7. The fourth-order valence-electron chi connectivity index (χ4n) is 1.65. The van der Waals surface area contributed by atoms with Crippen molar-refractivity contribution in [2.45, 2.75) is 25.4 Å². The lowest BCUT2D eigenvalue weighted by atomic mass is 10.1. The van der Waals surface area contributed by atoms with E-state index in [-0.39, 0.29) is 0 Å². The van der Waals surface area contributed by atoms with E-state index in [4.69, 9.17) is 15.2 Å². The summed E-state index contributed by atoms with van der Waals surface area (Å²) in [5, 5.41) is 0. The maximum Gasteiger partial charge on any atom is 0.146 e. The zero-order chi connectivity index (χ0) is 8.10. The minimum Gasteiger partial charge on any atom is -0.359 e. The summed E-state index contributed by atoms with van der Waals surface area (Å²) in [6, 6.07) is 0. The Balaban J connectivity index is 2.20. The predicted octanol–water partition coefficient (Wildman–Crippen LogP) is 0.734. The average molecular weight is 159 g/mol. The van der Waals surface area contributed by atoms with Gasteiger partial charge in [0.1, 0.15) is 6.79 Å². The van der Waals surface area contributed by atoms with Gasteiger partial charge in [-0.15, -0.1) is 0 Å². The first-order valence-electron chi connectivity index (χ1n) is 4.19. The first-order chi connectivity index (χ1) is 5.38. The van der Waals surface area contributed by atoms with Crippen molar-refractivity contribution in [1.82, 2.24) is 0 Å². The number of ether oxygens (including phenoxy) is 2. The molecule has 0 bridgehead atoms. The lowest BCUT2D eigenvalue weighted by Gasteiger charge is -2.17. The Morgan fingerprint density at radius 3 is 2.91 bits per heavy atom. The topological polar surface area (TPSA) is 44.5 Å². The van der Waals surface area contributed by atoms with E-state index in [1.807, 2.05) is 0 Å². The largest absolute Gasteiger partial charge is 0.359 e. The van der Waals surface area contributed by atoms with Gasteiger partial charge in [-0.05, 0) is 25.3 Å². The Bertz CT molecular complexity index is 108. The van der Waals surface area contributed by atoms with E-state index in [0.29, 0.717) is 18.8 Å². The molecule has 1 aliphatic carbocycles. The highest BCUT2D eigenvalue weighted by Crippen LogP contribution is 2.26. The minimum atomic E-state index is 0.347. The molecule has 0 spiro atoms. The van der Waals surface area contributed by atoms with Gasteiger partial charge in [-0.3, -0.25) is 0 Å². The molecule has 0 aromatic rings. The molecule has 1 aliphatic rings. The third-order valence-corrected chi connectivity index (χ3v) is 2.29. The minimum absolute atomic E-state index is 0.347. The van der Waals surface area contributed by atoms with Crippen molar-refractivity contribution in [3.05, 3.63) is 0 Å². The van der Waals surface area contributed by atoms with Crippen molar-refractivity contribution in [3.8, 4) is 0 Å². The monoisotopic (exact) mass is 159 g/mol. The van der Waals surface area contributed by atoms with Crippen LogP contribution in [0.2, 0.25) is 0 Å². The van der Waals surface area contributed by atoms with Gasteiger partial charge in [0.15, 0.2) is 0 Å². The van der Waals surface area contributed by atoms with Gasteiger partial charge in [0.05, 0.1) is 6.10 Å². The van der Waals surface area contributed by atoms with E-state index in [2.05, 4.69) is 0 Å². The lowest BCUT2D eigenvalue weighted by Crippen LogP contribution is -2.25. The van der Waals surface area contributed by atoms with Crippen molar-refractivity contribution in [2.75, 3.05) is 20.4 Å². The molecule has 11 heavy (non-hydrogen) atoms. The van der Waals surface area contributed by atoms with E-state index in [1.165, 1.54) is 12.8 Å². The molecule has 1 rings (SSSR count). The Morgan fingerprint density at radius 2 is 2.27 bits per heavy atom. The molecule has 1 saturated carbocycles. The quantitative estimate of drug-likeness (QED) is 0.615. The van der Waals surface area contributed by atoms with Crippen molar-refractivity contribution < 1.29 is 9.47 Å². The summed E-state index contributed by atoms with van der Waals surface area (Å²) in [6.45, 7) is 1.15. The van der Waals surface area contributed by atoms with Crippen molar-refractivity contribution in [2.24, 2.45) is 11.7 Å². The highest BCUT2D eigenvalue weighted by molar-refractivity contribution is 4.78. The number of hydrogen-bond acceptors (Lipinski definition) is 3. The zero-order valence-electron chi connectivity index (χ0n) is 7.08. The Labute approximate surface area is 67.9 Å². The molecule has 2 atom stereocenters. The normalized spacial score (nSPS) is 31.1. The predicted molar refractivity (Wildman–Crippen MR) is 43.1 cm³/mol. The van der Waals surface area contributed by atoms with Crippen LogP contribution in [0.25, 0.3) is 0 Å². The number of nitrogens with two attached hydrogens (primary N) is 1. The Morgan fingerprint density at radius 1 is 1.45 bits per heavy atom. The van der Waals surface area contributed by atoms with Crippen LogP contribution in [-0.2, 0) is 9.47 Å². The molecule has 0 radical (unpaired) electrons. The second kappa shape index (κ2) is 4.70. The summed E-state index contributed by atoms with van der Waals surface area (Å²) in [4.78, 5) is 0. The van der Waals surface area contributed by atoms with Crippen molar-refractivity contribution >= 4 is 0 Å². The fraction of sp³-hybridized carbons (Fsp3) is 1.00. The smallest absolute Gasteiger partial charge is 0.146 e. The molecule has 3 heteroatoms. The van der Waals surface area contributed by atoms with Crippen molar-refractivity contribution in [3.63, 3.8) is 0 Å². The molecule has 0 saturated heterocycles. The van der Waals surface area contributed by atoms with Gasteiger partial charge in [0.2, 0.25) is 0 Å². The molecule has 3 nitrogen and oxygen atoms in total. The lowest BCUT2D eigenvalue weighted by molar-refractivity contribution is -0.0821. The number of rotatable bonds is 4. The first kappa shape index (κ1) is 8.97. The van der Waals surface area contributed by atoms with E-state index in [0.717, 1.165) is 13.0 Å². The van der Waals surface area contributed by atoms with Crippen LogP contribution in [0.15, 0.2) is 0 Å². The molecule has 0 aromatic carbocycles. The summed E-state index contributed by atoms with van der Waals surface area (Å²) in [6.07, 6.45) is 3.95. The highest BCUT2D eigenvalue weighted by Gasteiger charge is 2.26. The molecule has 0 aliphatic heterocycles. The fourth-order valence-corrected chi connectivity index (χ4v) is 1.65. The van der Waals surface area contributed by atoms with Gasteiger partial charge in [0, 0.05) is 7.11 Å². The standard InChI is InChI=1S/C8H17NO2/c1-10-6-11-8-4-2-3-7(8)5-9/h7-8H,2-6,9H2,1H3. The summed E-state index contributed by atoms with van der Waals surface area (Å²) in [5.74, 6) is 0.560. The van der Waals surface area contributed by atoms with Gasteiger partial charge < -0.3 is 15.2 Å². The SMILES string of the molecule is COCOC1CCCC1CN. The molecule has 0 heterocycles. The van der Waals surface area contributed by atoms with E-state index in [1.54, 1.807) is 7.11 Å². The molecular formula is C8H17NO2. The third kappa shape index (κ3) is 2.43. The van der Waals surface area contributed by atoms with Crippen LogP contribution in [-0.4, -0.2) is 26.6 Å². The zero-order valence-corrected chi connectivity index (χ0v) is 7.08. The van der Waals surface area contributed by atoms with Crippen LogP contribution in [0.5, 0.6) is 0 Å². The molecule has 2 unspecified atom stereocenters. The van der Waals surface area contributed by atoms with Gasteiger partial charge in [-0.25, -0.2) is 0 Å². The summed E-state index contributed by atoms with van der Waals surface area (Å²) in [5.41, 5.74) is 5.58. The Kier molecular flexibility index (Phi) is 3.83. The molecule has 2 N–H and O–H groups in total. The van der Waals surface area contributed by atoms with Crippen LogP contribution in [0.1, 0.15) is 19.3 Å². The molecule has 66 valence electrons. The van der Waals surface area contributed by atoms with Crippen LogP contribution in [0.4, 0.5) is 0 Å². The third-order valence-electron chi connectivity index (χ3n) is 2.29. The van der Waals surface area contributed by atoms with E-state index < -0.39 is 0 Å². The van der Waals surface area contributed by atoms with Crippen LogP contribution in [0, 0.1) is 5.92 Å². The van der Waals surface area contributed by atoms with Crippen LogP contribution in [0.3, 0.4) is 0 Å². The second-order valence-electron chi connectivity index (χ2n) is 3.04. The van der Waals surface area contributed by atoms with Gasteiger partial charge in [-0.1, -0.05) is 6.42 Å². The Hall–Kier alpha value is -0.120. The summed E-state index contributed by atoms with van der Waals surface area (Å²) >= 11 is 0. The first-order valence-corrected chi connectivity index (χ1v) is 4.19. The number of methoxy groups -OCH3 is 1. The second-order valence-corrected chi connectivity index (χ2v) is 3.04. The molecule has 0 amide bonds. The van der Waals surface area contributed by atoms with Gasteiger partial charge in [-0.2, -0.15) is 0 Å². The van der Waals surface area contributed by atoms with E-state index >= 15 is 0 Å². The summed E-state index contributed by atoms with van der Waals surface area (Å²) < 4.78 is 10.3. The van der Waals surface area contributed by atoms with Gasteiger partial charge in [0.25, 0.3) is 0 Å². The molecular weight excluding hydrogens is 142 g/mol. The van der Waals surface area contributed by atoms with E-state index in [9.17, 15) is 0 Å². The van der Waals surface area contributed by atoms with Crippen LogP contribution >= 0.6 is 0 Å². The van der Waals surface area contributed by atoms with Crippen molar-refractivity contribution in [1.29, 1.82) is 0 Å². The maximum atomic E-state index is 5.58. The van der Waals surface area contributed by atoms with Crippen LogP contribution < -0.4 is 5.73 Å². The molecule has 1 fully saturated rings. The maximum absolute atomic E-state index is 5.58. The summed E-state index contributed by atoms with van der Waals surface area (Å²) in [7, 11) is 1.65. The van der Waals surface area contributed by atoms with Gasteiger partial charge >= 0.3 is 0 Å².